The average Bonchev–Trinajstić information content (AvgIpc) is 3.15. The van der Waals surface area contributed by atoms with E-state index < -0.39 is 6.10 Å². The molecule has 55 heavy (non-hydrogen) atoms. The molecule has 8 heteroatoms. The summed E-state index contributed by atoms with van der Waals surface area (Å²) in [6.45, 7) is 11.7. The number of carbonyl (C=O) groups is 2. The second-order valence-electron chi connectivity index (χ2n) is 17.1. The van der Waals surface area contributed by atoms with Gasteiger partial charge in [0.25, 0.3) is 0 Å². The fourth-order valence-electron chi connectivity index (χ4n) is 6.69. The molecule has 0 aliphatic rings. The van der Waals surface area contributed by atoms with Crippen LogP contribution in [0.2, 0.25) is 0 Å². The Kier molecular flexibility index (Phi) is 40.0. The maximum Gasteiger partial charge on any atom is 0.306 e. The molecule has 0 aliphatic heterocycles. The Labute approximate surface area is 341 Å². The molecule has 1 atom stereocenters. The van der Waals surface area contributed by atoms with Gasteiger partial charge >= 0.3 is 11.9 Å². The normalized spacial score (nSPS) is 12.4. The molecule has 0 saturated carbocycles. The predicted molar refractivity (Wildman–Crippen MR) is 230 cm³/mol. The van der Waals surface area contributed by atoms with E-state index in [0.29, 0.717) is 32.8 Å². The van der Waals surface area contributed by atoms with E-state index in [2.05, 4.69) is 13.8 Å². The van der Waals surface area contributed by atoms with Crippen LogP contribution in [0.25, 0.3) is 0 Å². The monoisotopic (exact) mass is 784 g/mol. The SMILES string of the molecule is CCCCCCCCCCCCCCCCCC(=O)OCC(COCCON(C)COC(C)(C)C)OC(=O)CCCCCCCCCCCCCCCCC. The summed E-state index contributed by atoms with van der Waals surface area (Å²) in [6.07, 6.45) is 38.8. The highest BCUT2D eigenvalue weighted by molar-refractivity contribution is 5.70. The molecular formula is C47H93NO7. The molecule has 328 valence electrons. The number of carbonyl (C=O) groups excluding carboxylic acids is 2. The van der Waals surface area contributed by atoms with Crippen LogP contribution >= 0.6 is 0 Å². The highest BCUT2D eigenvalue weighted by Crippen LogP contribution is 2.16. The first-order valence-corrected chi connectivity index (χ1v) is 23.6. The van der Waals surface area contributed by atoms with Gasteiger partial charge in [-0.1, -0.05) is 194 Å². The Bertz CT molecular complexity index is 818. The second-order valence-corrected chi connectivity index (χ2v) is 17.1. The summed E-state index contributed by atoms with van der Waals surface area (Å²) in [5, 5.41) is 1.63. The lowest BCUT2D eigenvalue weighted by atomic mass is 10.0. The Balaban J connectivity index is 4.21. The number of esters is 2. The van der Waals surface area contributed by atoms with Gasteiger partial charge in [-0.2, -0.15) is 5.06 Å². The van der Waals surface area contributed by atoms with Gasteiger partial charge in [-0.15, -0.1) is 0 Å². The summed E-state index contributed by atoms with van der Waals surface area (Å²) >= 11 is 0. The summed E-state index contributed by atoms with van der Waals surface area (Å²) in [4.78, 5) is 30.9. The molecule has 0 amide bonds. The molecule has 0 bridgehead atoms. The first kappa shape index (κ1) is 53.8. The van der Waals surface area contributed by atoms with Gasteiger partial charge in [0.2, 0.25) is 0 Å². The summed E-state index contributed by atoms with van der Waals surface area (Å²) in [7, 11) is 1.81. The number of hydroxylamine groups is 2. The van der Waals surface area contributed by atoms with Crippen LogP contribution < -0.4 is 0 Å². The molecule has 0 rings (SSSR count). The van der Waals surface area contributed by atoms with Gasteiger partial charge in [-0.05, 0) is 33.6 Å². The average molecular weight is 784 g/mol. The topological polar surface area (TPSA) is 83.5 Å². The van der Waals surface area contributed by atoms with Crippen LogP contribution in [0, 0.1) is 0 Å². The van der Waals surface area contributed by atoms with Gasteiger partial charge in [0.1, 0.15) is 13.3 Å². The Morgan fingerprint density at radius 3 is 1.24 bits per heavy atom. The van der Waals surface area contributed by atoms with Gasteiger partial charge < -0.3 is 18.9 Å². The van der Waals surface area contributed by atoms with E-state index in [9.17, 15) is 9.59 Å². The largest absolute Gasteiger partial charge is 0.462 e. The van der Waals surface area contributed by atoms with Crippen LogP contribution in [0.1, 0.15) is 240 Å². The zero-order chi connectivity index (χ0) is 40.5. The van der Waals surface area contributed by atoms with Gasteiger partial charge in [0.05, 0.1) is 25.4 Å². The van der Waals surface area contributed by atoms with Gasteiger partial charge in [0, 0.05) is 19.9 Å². The highest BCUT2D eigenvalue weighted by atomic mass is 16.7. The van der Waals surface area contributed by atoms with Crippen molar-refractivity contribution in [1.82, 2.24) is 5.06 Å². The first-order valence-electron chi connectivity index (χ1n) is 23.6. The van der Waals surface area contributed by atoms with Crippen LogP contribution in [0.4, 0.5) is 0 Å². The van der Waals surface area contributed by atoms with Gasteiger partial charge in [-0.25, -0.2) is 0 Å². The van der Waals surface area contributed by atoms with Crippen molar-refractivity contribution in [1.29, 1.82) is 0 Å². The third kappa shape index (κ3) is 43.7. The first-order chi connectivity index (χ1) is 26.7. The van der Waals surface area contributed by atoms with Crippen molar-refractivity contribution in [3.05, 3.63) is 0 Å². The number of hydrogen-bond acceptors (Lipinski definition) is 8. The van der Waals surface area contributed by atoms with Crippen molar-refractivity contribution in [2.75, 3.05) is 40.2 Å². The van der Waals surface area contributed by atoms with E-state index >= 15 is 0 Å². The molecule has 0 aromatic carbocycles. The van der Waals surface area contributed by atoms with E-state index in [4.69, 9.17) is 23.8 Å². The van der Waals surface area contributed by atoms with Crippen LogP contribution in [-0.4, -0.2) is 68.9 Å². The zero-order valence-electron chi connectivity index (χ0n) is 37.5. The van der Waals surface area contributed by atoms with Crippen molar-refractivity contribution in [2.24, 2.45) is 0 Å². The van der Waals surface area contributed by atoms with Crippen LogP contribution in [0.15, 0.2) is 0 Å². The van der Waals surface area contributed by atoms with Gasteiger partial charge in [0.15, 0.2) is 6.10 Å². The fraction of sp³-hybridized carbons (Fsp3) is 0.957. The molecule has 0 saturated heterocycles. The lowest BCUT2D eigenvalue weighted by molar-refractivity contribution is -0.219. The van der Waals surface area contributed by atoms with Crippen molar-refractivity contribution in [3.8, 4) is 0 Å². The molecule has 0 N–H and O–H groups in total. The summed E-state index contributed by atoms with van der Waals surface area (Å²) < 4.78 is 22.8. The van der Waals surface area contributed by atoms with Crippen molar-refractivity contribution in [2.45, 2.75) is 252 Å². The number of unbranched alkanes of at least 4 members (excludes halogenated alkanes) is 28. The zero-order valence-corrected chi connectivity index (χ0v) is 37.5. The number of hydrogen-bond donors (Lipinski definition) is 0. The van der Waals surface area contributed by atoms with E-state index in [1.807, 2.05) is 27.8 Å². The van der Waals surface area contributed by atoms with Crippen molar-refractivity contribution in [3.63, 3.8) is 0 Å². The highest BCUT2D eigenvalue weighted by Gasteiger charge is 2.18. The Morgan fingerprint density at radius 1 is 0.491 bits per heavy atom. The Hall–Kier alpha value is -1.22. The molecule has 1 unspecified atom stereocenters. The van der Waals surface area contributed by atoms with Crippen molar-refractivity contribution >= 4 is 11.9 Å². The lowest BCUT2D eigenvalue weighted by Gasteiger charge is -2.24. The maximum atomic E-state index is 12.7. The lowest BCUT2D eigenvalue weighted by Crippen LogP contribution is -2.32. The molecule has 0 heterocycles. The molecule has 8 nitrogen and oxygen atoms in total. The summed E-state index contributed by atoms with van der Waals surface area (Å²) in [6, 6.07) is 0. The molecule has 0 spiro atoms. The standard InChI is InChI=1S/C47H93NO7/c1-7-9-11-13-15-17-19-21-23-25-27-29-31-33-35-37-45(49)52-42-44(41-51-39-40-54-48(6)43-53-47(3,4)5)55-46(50)38-36-34-32-30-28-26-24-22-20-18-16-14-12-10-8-2/h44H,7-43H2,1-6H3. The summed E-state index contributed by atoms with van der Waals surface area (Å²) in [5.41, 5.74) is -0.249. The molecule has 0 radical (unpaired) electrons. The van der Waals surface area contributed by atoms with E-state index in [-0.39, 0.29) is 30.8 Å². The minimum atomic E-state index is -0.629. The molecule has 0 aromatic heterocycles. The molecule has 0 aliphatic carbocycles. The summed E-state index contributed by atoms with van der Waals surface area (Å²) in [5.74, 6) is -0.487. The Morgan fingerprint density at radius 2 is 0.855 bits per heavy atom. The number of nitrogens with zero attached hydrogens (tertiary/aromatic N) is 1. The third-order valence-electron chi connectivity index (χ3n) is 10.2. The van der Waals surface area contributed by atoms with Crippen LogP contribution in [0.3, 0.4) is 0 Å². The second kappa shape index (κ2) is 41.0. The molecule has 0 fully saturated rings. The number of ether oxygens (including phenoxy) is 4. The van der Waals surface area contributed by atoms with Gasteiger partial charge in [-0.3, -0.25) is 14.4 Å². The molecular weight excluding hydrogens is 691 g/mol. The minimum Gasteiger partial charge on any atom is -0.462 e. The smallest absolute Gasteiger partial charge is 0.306 e. The maximum absolute atomic E-state index is 12.7. The van der Waals surface area contributed by atoms with Crippen molar-refractivity contribution < 1.29 is 33.4 Å². The number of rotatable bonds is 43. The fourth-order valence-corrected chi connectivity index (χ4v) is 6.69. The van der Waals surface area contributed by atoms with E-state index in [1.165, 1.54) is 154 Å². The van der Waals surface area contributed by atoms with Crippen LogP contribution in [-0.2, 0) is 33.4 Å². The van der Waals surface area contributed by atoms with Crippen LogP contribution in [0.5, 0.6) is 0 Å². The van der Waals surface area contributed by atoms with E-state index in [1.54, 1.807) is 5.06 Å². The predicted octanol–water partition coefficient (Wildman–Crippen LogP) is 13.6. The quantitative estimate of drug-likeness (QED) is 0.0262. The third-order valence-corrected chi connectivity index (χ3v) is 10.2. The molecule has 0 aromatic rings. The minimum absolute atomic E-state index is 0.0162. The van der Waals surface area contributed by atoms with E-state index in [0.717, 1.165) is 38.5 Å².